The summed E-state index contributed by atoms with van der Waals surface area (Å²) < 4.78 is 15.9. The number of carbonyl (C=O) groups excluding carboxylic acids is 1. The molecule has 0 bridgehead atoms. The normalized spacial score (nSPS) is 19.4. The molecule has 29 heavy (non-hydrogen) atoms. The van der Waals surface area contributed by atoms with E-state index in [9.17, 15) is 10.0 Å². The van der Waals surface area contributed by atoms with Crippen LogP contribution in [0.25, 0.3) is 0 Å². The number of hydrogen-bond donors (Lipinski definition) is 1. The first-order valence-electron chi connectivity index (χ1n) is 10.4. The Morgan fingerprint density at radius 3 is 2.28 bits per heavy atom. The van der Waals surface area contributed by atoms with E-state index in [0.717, 1.165) is 36.0 Å². The van der Waals surface area contributed by atoms with Crippen LogP contribution in [0.5, 0.6) is 5.75 Å². The zero-order valence-electron chi connectivity index (χ0n) is 17.9. The summed E-state index contributed by atoms with van der Waals surface area (Å²) in [5.41, 5.74) is 0.260. The van der Waals surface area contributed by atoms with E-state index in [2.05, 4.69) is 4.90 Å². The van der Waals surface area contributed by atoms with Gasteiger partial charge in [-0.25, -0.2) is 5.01 Å². The molecule has 8 heteroatoms. The van der Waals surface area contributed by atoms with Crippen LogP contribution in [0.3, 0.4) is 0 Å². The van der Waals surface area contributed by atoms with Crippen molar-refractivity contribution in [3.05, 3.63) is 24.3 Å². The number of hydrazine groups is 1. The average molecular weight is 410 g/mol. The Hall–Kier alpha value is -1.71. The predicted octanol–water partition coefficient (Wildman–Crippen LogP) is 2.21. The Morgan fingerprint density at radius 1 is 1.10 bits per heavy atom. The standard InChI is InChI=1S/C19H29N3O5.C2H6/c1-25-14-15-27-18-4-2-17(3-5-18)20-8-10-21(11-9-20)22(24)19(16-23)6-12-26-13-7-19;1-2/h2-5,16,24H,6-15H2,1H3;1-2H3. The van der Waals surface area contributed by atoms with Gasteiger partial charge in [0.2, 0.25) is 0 Å². The summed E-state index contributed by atoms with van der Waals surface area (Å²) in [6, 6.07) is 8.00. The van der Waals surface area contributed by atoms with Crippen LogP contribution < -0.4 is 9.64 Å². The molecule has 0 unspecified atom stereocenters. The minimum atomic E-state index is -0.860. The lowest BCUT2D eigenvalue weighted by molar-refractivity contribution is -0.305. The number of aldehydes is 1. The number of hydrogen-bond acceptors (Lipinski definition) is 8. The highest BCUT2D eigenvalue weighted by atomic mass is 16.6. The molecule has 2 fully saturated rings. The molecule has 164 valence electrons. The maximum absolute atomic E-state index is 11.7. The highest BCUT2D eigenvalue weighted by Gasteiger charge is 2.42. The van der Waals surface area contributed by atoms with Crippen molar-refractivity contribution >= 4 is 12.0 Å². The quantitative estimate of drug-likeness (QED) is 0.398. The van der Waals surface area contributed by atoms with Crippen molar-refractivity contribution in [3.8, 4) is 5.75 Å². The smallest absolute Gasteiger partial charge is 0.144 e. The van der Waals surface area contributed by atoms with Gasteiger partial charge in [-0.2, -0.15) is 0 Å². The van der Waals surface area contributed by atoms with E-state index < -0.39 is 5.54 Å². The molecule has 0 saturated carbocycles. The third-order valence-electron chi connectivity index (χ3n) is 5.26. The van der Waals surface area contributed by atoms with Gasteiger partial charge in [-0.1, -0.05) is 13.8 Å². The first-order chi connectivity index (χ1) is 14.2. The number of piperazine rings is 1. The molecule has 0 spiro atoms. The molecule has 1 aromatic rings. The lowest BCUT2D eigenvalue weighted by Gasteiger charge is -2.46. The number of methoxy groups -OCH3 is 1. The summed E-state index contributed by atoms with van der Waals surface area (Å²) in [7, 11) is 1.65. The molecular weight excluding hydrogens is 374 g/mol. The van der Waals surface area contributed by atoms with Gasteiger partial charge in [0.15, 0.2) is 0 Å². The summed E-state index contributed by atoms with van der Waals surface area (Å²) in [6.07, 6.45) is 1.89. The van der Waals surface area contributed by atoms with E-state index in [4.69, 9.17) is 14.2 Å². The lowest BCUT2D eigenvalue weighted by atomic mass is 9.92. The molecule has 0 aromatic heterocycles. The molecule has 1 N–H and O–H groups in total. The molecule has 0 radical (unpaired) electrons. The molecule has 8 nitrogen and oxygen atoms in total. The maximum atomic E-state index is 11.7. The monoisotopic (exact) mass is 409 g/mol. The molecule has 0 amide bonds. The Labute approximate surface area is 173 Å². The summed E-state index contributed by atoms with van der Waals surface area (Å²) in [5.74, 6) is 0.823. The van der Waals surface area contributed by atoms with Crippen LogP contribution in [-0.2, 0) is 14.3 Å². The van der Waals surface area contributed by atoms with Crippen LogP contribution in [0.15, 0.2) is 24.3 Å². The molecule has 2 heterocycles. The lowest BCUT2D eigenvalue weighted by Crippen LogP contribution is -2.62. The van der Waals surface area contributed by atoms with Gasteiger partial charge >= 0.3 is 0 Å². The number of hydroxylamine groups is 1. The van der Waals surface area contributed by atoms with Gasteiger partial charge < -0.3 is 23.9 Å². The number of nitrogens with zero attached hydrogens (tertiary/aromatic N) is 3. The van der Waals surface area contributed by atoms with Gasteiger partial charge in [-0.05, 0) is 37.1 Å². The highest BCUT2D eigenvalue weighted by molar-refractivity contribution is 5.64. The number of rotatable bonds is 8. The van der Waals surface area contributed by atoms with Crippen LogP contribution in [0, 0.1) is 0 Å². The van der Waals surface area contributed by atoms with Crippen molar-refractivity contribution in [3.63, 3.8) is 0 Å². The van der Waals surface area contributed by atoms with E-state index in [1.165, 1.54) is 0 Å². The molecule has 2 saturated heterocycles. The van der Waals surface area contributed by atoms with Gasteiger partial charge in [0.05, 0.1) is 6.61 Å². The third kappa shape index (κ3) is 6.13. The minimum absolute atomic E-state index is 0.495. The number of carbonyl (C=O) groups is 1. The molecule has 0 aliphatic carbocycles. The van der Waals surface area contributed by atoms with Crippen LogP contribution in [-0.4, -0.2) is 86.9 Å². The fraction of sp³-hybridized carbons (Fsp3) is 0.667. The van der Waals surface area contributed by atoms with E-state index in [0.29, 0.717) is 52.4 Å². The predicted molar refractivity (Wildman–Crippen MR) is 111 cm³/mol. The Morgan fingerprint density at radius 2 is 1.72 bits per heavy atom. The fourth-order valence-corrected chi connectivity index (χ4v) is 3.51. The van der Waals surface area contributed by atoms with Gasteiger partial charge in [0.25, 0.3) is 0 Å². The first-order valence-corrected chi connectivity index (χ1v) is 10.4. The SMILES string of the molecule is CC.COCCOc1ccc(N2CCN(N(O)C3(C=O)CCOCC3)CC2)cc1. The fourth-order valence-electron chi connectivity index (χ4n) is 3.51. The zero-order chi connectivity index (χ0) is 21.1. The summed E-state index contributed by atoms with van der Waals surface area (Å²) in [6.45, 7) is 8.93. The number of ether oxygens (including phenoxy) is 3. The van der Waals surface area contributed by atoms with Gasteiger partial charge in [0.1, 0.15) is 24.2 Å². The minimum Gasteiger partial charge on any atom is -0.491 e. The molecule has 0 atom stereocenters. The maximum Gasteiger partial charge on any atom is 0.144 e. The van der Waals surface area contributed by atoms with E-state index in [-0.39, 0.29) is 0 Å². The molecule has 2 aliphatic rings. The average Bonchev–Trinajstić information content (AvgIpc) is 2.81. The van der Waals surface area contributed by atoms with Crippen molar-refractivity contribution in [2.75, 3.05) is 64.6 Å². The number of benzene rings is 1. The number of anilines is 1. The molecule has 2 aliphatic heterocycles. The van der Waals surface area contributed by atoms with Crippen molar-refractivity contribution in [1.82, 2.24) is 10.2 Å². The van der Waals surface area contributed by atoms with E-state index >= 15 is 0 Å². The van der Waals surface area contributed by atoms with Crippen molar-refractivity contribution < 1.29 is 24.2 Å². The molecule has 3 rings (SSSR count). The Balaban J connectivity index is 0.00000145. The van der Waals surface area contributed by atoms with Gasteiger partial charge in [0, 0.05) is 52.2 Å². The van der Waals surface area contributed by atoms with Crippen LogP contribution in [0.1, 0.15) is 26.7 Å². The highest BCUT2D eigenvalue weighted by Crippen LogP contribution is 2.27. The summed E-state index contributed by atoms with van der Waals surface area (Å²) in [5, 5.41) is 13.7. The topological polar surface area (TPSA) is 74.7 Å². The van der Waals surface area contributed by atoms with E-state index in [1.54, 1.807) is 7.11 Å². The van der Waals surface area contributed by atoms with Crippen LogP contribution >= 0.6 is 0 Å². The second-order valence-electron chi connectivity index (χ2n) is 6.90. The summed E-state index contributed by atoms with van der Waals surface area (Å²) in [4.78, 5) is 13.9. The largest absolute Gasteiger partial charge is 0.491 e. The summed E-state index contributed by atoms with van der Waals surface area (Å²) >= 11 is 0. The molecule has 1 aromatic carbocycles. The van der Waals surface area contributed by atoms with Crippen LogP contribution in [0.4, 0.5) is 5.69 Å². The Kier molecular flexibility index (Phi) is 9.83. The van der Waals surface area contributed by atoms with Gasteiger partial charge in [-0.15, -0.1) is 5.17 Å². The second-order valence-corrected chi connectivity index (χ2v) is 6.90. The van der Waals surface area contributed by atoms with Crippen molar-refractivity contribution in [1.29, 1.82) is 0 Å². The molecular formula is C21H35N3O5. The van der Waals surface area contributed by atoms with Gasteiger partial charge in [-0.3, -0.25) is 5.21 Å². The second kappa shape index (κ2) is 12.1. The van der Waals surface area contributed by atoms with Crippen molar-refractivity contribution in [2.45, 2.75) is 32.2 Å². The Bertz CT molecular complexity index is 584. The first kappa shape index (κ1) is 23.6. The van der Waals surface area contributed by atoms with E-state index in [1.807, 2.05) is 43.1 Å². The third-order valence-corrected chi connectivity index (χ3v) is 5.26. The van der Waals surface area contributed by atoms with Crippen molar-refractivity contribution in [2.24, 2.45) is 0 Å². The van der Waals surface area contributed by atoms with Crippen LogP contribution in [0.2, 0.25) is 0 Å². The zero-order valence-corrected chi connectivity index (χ0v) is 17.9.